The molecule has 4 heterocycles. The molecule has 35 heavy (non-hydrogen) atoms. The second-order valence-corrected chi connectivity index (χ2v) is 9.69. The van der Waals surface area contributed by atoms with Gasteiger partial charge in [0, 0.05) is 49.5 Å². The fourth-order valence-electron chi connectivity index (χ4n) is 5.31. The zero-order valence-corrected chi connectivity index (χ0v) is 21.2. The summed E-state index contributed by atoms with van der Waals surface area (Å²) < 4.78 is 7.92. The number of ether oxygens (including phenoxy) is 1. The highest BCUT2D eigenvalue weighted by atomic mass is 32.1. The molecule has 0 aliphatic carbocycles. The van der Waals surface area contributed by atoms with Crippen LogP contribution in [0.4, 0.5) is 5.69 Å². The Balaban J connectivity index is 1.46. The minimum atomic E-state index is -0.0835. The fraction of sp³-hybridized carbons (Fsp3) is 0.407. The number of nitrogens with one attached hydrogen (secondary N) is 1. The number of pyridine rings is 1. The highest BCUT2D eigenvalue weighted by molar-refractivity contribution is 7.80. The minimum absolute atomic E-state index is 0.0545. The van der Waals surface area contributed by atoms with Crippen molar-refractivity contribution in [3.63, 3.8) is 0 Å². The molecule has 0 amide bonds. The number of rotatable bonds is 7. The van der Waals surface area contributed by atoms with Gasteiger partial charge in [-0.15, -0.1) is 0 Å². The standard InChI is InChI=1S/C27H33N5O2S/c1-19-18-23(20(2)31(19)13-5-12-30-14-16-34-17-15-30)26-25(24-6-3-4-11-28-24)29-27(35)32(26)21-7-9-22(33)10-8-21/h3-4,6-11,18,25-26,33H,5,12-17H2,1-2H3,(H,29,35)/t25-,26-/m0/s1. The van der Waals surface area contributed by atoms with E-state index < -0.39 is 0 Å². The Morgan fingerprint density at radius 1 is 1.09 bits per heavy atom. The van der Waals surface area contributed by atoms with E-state index in [1.165, 1.54) is 17.0 Å². The van der Waals surface area contributed by atoms with Crippen LogP contribution in [0.1, 0.15) is 41.1 Å². The van der Waals surface area contributed by atoms with Crippen molar-refractivity contribution in [2.45, 2.75) is 38.9 Å². The lowest BCUT2D eigenvalue weighted by Crippen LogP contribution is -2.37. The van der Waals surface area contributed by atoms with Gasteiger partial charge in [-0.1, -0.05) is 6.07 Å². The van der Waals surface area contributed by atoms with Crippen molar-refractivity contribution in [1.82, 2.24) is 19.8 Å². The molecule has 2 atom stereocenters. The lowest BCUT2D eigenvalue weighted by atomic mass is 9.96. The van der Waals surface area contributed by atoms with E-state index in [9.17, 15) is 5.11 Å². The van der Waals surface area contributed by atoms with Gasteiger partial charge in [0.2, 0.25) is 0 Å². The molecule has 0 bridgehead atoms. The summed E-state index contributed by atoms with van der Waals surface area (Å²) >= 11 is 5.84. The van der Waals surface area contributed by atoms with Crippen LogP contribution in [0.2, 0.25) is 0 Å². The Morgan fingerprint density at radius 2 is 1.86 bits per heavy atom. The van der Waals surface area contributed by atoms with Gasteiger partial charge in [0.15, 0.2) is 5.11 Å². The van der Waals surface area contributed by atoms with Crippen LogP contribution >= 0.6 is 12.2 Å². The van der Waals surface area contributed by atoms with Crippen molar-refractivity contribution in [3.8, 4) is 5.75 Å². The first-order chi connectivity index (χ1) is 17.0. The van der Waals surface area contributed by atoms with Crippen LogP contribution in [0, 0.1) is 13.8 Å². The summed E-state index contributed by atoms with van der Waals surface area (Å²) in [7, 11) is 0. The number of hydrogen-bond donors (Lipinski definition) is 2. The number of thiocarbonyl (C=S) groups is 1. The monoisotopic (exact) mass is 491 g/mol. The summed E-state index contributed by atoms with van der Waals surface area (Å²) in [5.74, 6) is 0.239. The predicted molar refractivity (Wildman–Crippen MR) is 142 cm³/mol. The SMILES string of the molecule is Cc1cc([C@H]2[C@H](c3ccccn3)NC(=S)N2c2ccc(O)cc2)c(C)n1CCCN1CCOCC1. The Bertz CT molecular complexity index is 1160. The summed E-state index contributed by atoms with van der Waals surface area (Å²) in [4.78, 5) is 9.31. The van der Waals surface area contributed by atoms with Crippen LogP contribution in [0.5, 0.6) is 5.75 Å². The molecule has 0 unspecified atom stereocenters. The number of benzene rings is 1. The van der Waals surface area contributed by atoms with Crippen LogP contribution in [0.25, 0.3) is 0 Å². The van der Waals surface area contributed by atoms with Gasteiger partial charge in [-0.25, -0.2) is 0 Å². The Hall–Kier alpha value is -2.94. The molecule has 5 rings (SSSR count). The van der Waals surface area contributed by atoms with Crippen molar-refractivity contribution >= 4 is 23.0 Å². The quantitative estimate of drug-likeness (QED) is 0.482. The van der Waals surface area contributed by atoms with Crippen LogP contribution in [0.3, 0.4) is 0 Å². The maximum absolute atomic E-state index is 9.85. The van der Waals surface area contributed by atoms with Crippen molar-refractivity contribution in [2.75, 3.05) is 37.7 Å². The number of morpholine rings is 1. The van der Waals surface area contributed by atoms with Gasteiger partial charge in [-0.2, -0.15) is 0 Å². The first kappa shape index (κ1) is 23.8. The van der Waals surface area contributed by atoms with Gasteiger partial charge >= 0.3 is 0 Å². The van der Waals surface area contributed by atoms with E-state index in [1.807, 2.05) is 30.5 Å². The maximum Gasteiger partial charge on any atom is 0.174 e. The second kappa shape index (κ2) is 10.4. The zero-order chi connectivity index (χ0) is 24.4. The van der Waals surface area contributed by atoms with Crippen LogP contribution in [-0.2, 0) is 11.3 Å². The van der Waals surface area contributed by atoms with Gasteiger partial charge in [-0.05, 0) is 80.5 Å². The molecule has 2 fully saturated rings. The molecular weight excluding hydrogens is 458 g/mol. The van der Waals surface area contributed by atoms with E-state index in [0.29, 0.717) is 5.11 Å². The highest BCUT2D eigenvalue weighted by Crippen LogP contribution is 2.43. The van der Waals surface area contributed by atoms with E-state index in [-0.39, 0.29) is 17.8 Å². The summed E-state index contributed by atoms with van der Waals surface area (Å²) in [5, 5.41) is 14.0. The second-order valence-electron chi connectivity index (χ2n) is 9.30. The summed E-state index contributed by atoms with van der Waals surface area (Å²) in [5.41, 5.74) is 5.65. The highest BCUT2D eigenvalue weighted by Gasteiger charge is 2.42. The molecule has 3 aromatic rings. The number of phenolic OH excluding ortho intramolecular Hbond substituents is 1. The normalized spacial score (nSPS) is 20.9. The number of phenols is 1. The molecule has 2 N–H and O–H groups in total. The minimum Gasteiger partial charge on any atom is -0.508 e. The number of hydrogen-bond acceptors (Lipinski definition) is 5. The molecule has 8 heteroatoms. The largest absolute Gasteiger partial charge is 0.508 e. The topological polar surface area (TPSA) is 65.8 Å². The first-order valence-corrected chi connectivity index (χ1v) is 12.7. The third kappa shape index (κ3) is 4.91. The molecule has 0 saturated carbocycles. The Labute approximate surface area is 212 Å². The average molecular weight is 492 g/mol. The molecule has 0 radical (unpaired) electrons. The number of anilines is 1. The lowest BCUT2D eigenvalue weighted by molar-refractivity contribution is 0.0369. The number of aryl methyl sites for hydroxylation is 1. The van der Waals surface area contributed by atoms with Crippen molar-refractivity contribution in [1.29, 1.82) is 0 Å². The van der Waals surface area contributed by atoms with Crippen LogP contribution < -0.4 is 10.2 Å². The average Bonchev–Trinajstić information content (AvgIpc) is 3.36. The molecule has 2 aliphatic heterocycles. The molecular formula is C27H33N5O2S. The molecule has 184 valence electrons. The van der Waals surface area contributed by atoms with E-state index in [0.717, 1.165) is 57.2 Å². The first-order valence-electron chi connectivity index (χ1n) is 12.3. The van der Waals surface area contributed by atoms with Crippen molar-refractivity contribution < 1.29 is 9.84 Å². The number of nitrogens with zero attached hydrogens (tertiary/aromatic N) is 4. The van der Waals surface area contributed by atoms with Gasteiger partial charge in [0.05, 0.1) is 31.0 Å². The molecule has 7 nitrogen and oxygen atoms in total. The van der Waals surface area contributed by atoms with Crippen LogP contribution in [-0.4, -0.2) is 57.5 Å². The molecule has 0 spiro atoms. The van der Waals surface area contributed by atoms with Crippen molar-refractivity contribution in [2.24, 2.45) is 0 Å². The summed E-state index contributed by atoms with van der Waals surface area (Å²) in [6.07, 6.45) is 2.93. The van der Waals surface area contributed by atoms with E-state index in [2.05, 4.69) is 50.6 Å². The molecule has 2 saturated heterocycles. The fourth-order valence-corrected chi connectivity index (χ4v) is 5.66. The lowest BCUT2D eigenvalue weighted by Gasteiger charge is -2.28. The number of aromatic nitrogens is 2. The zero-order valence-electron chi connectivity index (χ0n) is 20.4. The van der Waals surface area contributed by atoms with E-state index >= 15 is 0 Å². The van der Waals surface area contributed by atoms with Gasteiger partial charge in [0.25, 0.3) is 0 Å². The third-order valence-corrected chi connectivity index (χ3v) is 7.43. The predicted octanol–water partition coefficient (Wildman–Crippen LogP) is 4.10. The van der Waals surface area contributed by atoms with Gasteiger partial charge in [0.1, 0.15) is 5.75 Å². The van der Waals surface area contributed by atoms with Gasteiger partial charge < -0.3 is 24.6 Å². The summed E-state index contributed by atoms with van der Waals surface area (Å²) in [6, 6.07) is 15.4. The van der Waals surface area contributed by atoms with E-state index in [1.54, 1.807) is 12.1 Å². The smallest absolute Gasteiger partial charge is 0.174 e. The molecule has 2 aromatic heterocycles. The number of aromatic hydroxyl groups is 1. The molecule has 1 aromatic carbocycles. The maximum atomic E-state index is 9.85. The van der Waals surface area contributed by atoms with Crippen molar-refractivity contribution in [3.05, 3.63) is 77.4 Å². The Morgan fingerprint density at radius 3 is 2.57 bits per heavy atom. The van der Waals surface area contributed by atoms with E-state index in [4.69, 9.17) is 17.0 Å². The Kier molecular flexibility index (Phi) is 7.04. The summed E-state index contributed by atoms with van der Waals surface area (Å²) in [6.45, 7) is 10.2. The third-order valence-electron chi connectivity index (χ3n) is 7.12. The molecule has 2 aliphatic rings. The van der Waals surface area contributed by atoms with Crippen LogP contribution in [0.15, 0.2) is 54.7 Å². The van der Waals surface area contributed by atoms with Gasteiger partial charge in [-0.3, -0.25) is 9.88 Å².